The summed E-state index contributed by atoms with van der Waals surface area (Å²) in [7, 11) is 0. The number of benzene rings is 1. The van der Waals surface area contributed by atoms with Crippen LogP contribution in [0.25, 0.3) is 0 Å². The van der Waals surface area contributed by atoms with Crippen molar-refractivity contribution in [2.45, 2.75) is 39.7 Å². The smallest absolute Gasteiger partial charge is 0.308 e. The van der Waals surface area contributed by atoms with E-state index in [1.54, 1.807) is 6.92 Å². The van der Waals surface area contributed by atoms with Gasteiger partial charge in [-0.15, -0.1) is 0 Å². The molecule has 0 aliphatic heterocycles. The quantitative estimate of drug-likeness (QED) is 0.796. The number of rotatable bonds is 6. The summed E-state index contributed by atoms with van der Waals surface area (Å²) < 4.78 is 0. The molecular weight excluding hydrogens is 214 g/mol. The van der Waals surface area contributed by atoms with Crippen LogP contribution in [0.15, 0.2) is 24.3 Å². The van der Waals surface area contributed by atoms with Crippen LogP contribution < -0.4 is 5.32 Å². The van der Waals surface area contributed by atoms with E-state index in [0.29, 0.717) is 0 Å². The molecule has 2 atom stereocenters. The van der Waals surface area contributed by atoms with E-state index in [1.807, 2.05) is 25.1 Å². The van der Waals surface area contributed by atoms with Crippen molar-refractivity contribution < 1.29 is 9.90 Å². The van der Waals surface area contributed by atoms with E-state index in [-0.39, 0.29) is 6.04 Å². The summed E-state index contributed by atoms with van der Waals surface area (Å²) in [5, 5.41) is 12.3. The lowest BCUT2D eigenvalue weighted by Gasteiger charge is -2.21. The third-order valence-electron chi connectivity index (χ3n) is 3.06. The summed E-state index contributed by atoms with van der Waals surface area (Å²) >= 11 is 0. The largest absolute Gasteiger partial charge is 0.481 e. The molecule has 0 spiro atoms. The van der Waals surface area contributed by atoms with Gasteiger partial charge < -0.3 is 10.4 Å². The second-order valence-electron chi connectivity index (χ2n) is 4.47. The van der Waals surface area contributed by atoms with Gasteiger partial charge in [0, 0.05) is 11.7 Å². The number of carboxylic acid groups (broad SMARTS) is 1. The molecule has 0 fully saturated rings. The Hall–Kier alpha value is -1.51. The first-order valence-electron chi connectivity index (χ1n) is 6.13. The maximum Gasteiger partial charge on any atom is 0.308 e. The molecule has 0 heterocycles. The highest BCUT2D eigenvalue weighted by molar-refractivity contribution is 5.71. The number of carboxylic acids is 1. The molecule has 0 bridgehead atoms. The molecule has 0 saturated heterocycles. The Bertz CT molecular complexity index is 376. The van der Waals surface area contributed by atoms with Crippen LogP contribution in [0.3, 0.4) is 0 Å². The lowest BCUT2D eigenvalue weighted by molar-refractivity contribution is -0.141. The van der Waals surface area contributed by atoms with Crippen molar-refractivity contribution in [1.82, 2.24) is 0 Å². The van der Waals surface area contributed by atoms with Crippen molar-refractivity contribution >= 4 is 11.7 Å². The summed E-state index contributed by atoms with van der Waals surface area (Å²) in [6, 6.07) is 8.01. The lowest BCUT2D eigenvalue weighted by atomic mass is 10.0. The van der Waals surface area contributed by atoms with Crippen LogP contribution >= 0.6 is 0 Å². The van der Waals surface area contributed by atoms with Crippen LogP contribution in [0.4, 0.5) is 5.69 Å². The van der Waals surface area contributed by atoms with Gasteiger partial charge in [-0.3, -0.25) is 4.79 Å². The predicted octanol–water partition coefficient (Wildman–Crippen LogP) is 3.16. The number of para-hydroxylation sites is 1. The van der Waals surface area contributed by atoms with Gasteiger partial charge in [0.25, 0.3) is 0 Å². The van der Waals surface area contributed by atoms with E-state index in [4.69, 9.17) is 5.11 Å². The fourth-order valence-electron chi connectivity index (χ4n) is 1.73. The zero-order chi connectivity index (χ0) is 12.8. The van der Waals surface area contributed by atoms with Gasteiger partial charge in [-0.1, -0.05) is 31.5 Å². The first-order valence-corrected chi connectivity index (χ1v) is 6.13. The van der Waals surface area contributed by atoms with Crippen LogP contribution in [0.1, 0.15) is 32.8 Å². The summed E-state index contributed by atoms with van der Waals surface area (Å²) in [6.45, 7) is 5.77. The van der Waals surface area contributed by atoms with Crippen molar-refractivity contribution in [1.29, 1.82) is 0 Å². The Morgan fingerprint density at radius 1 is 1.35 bits per heavy atom. The molecule has 17 heavy (non-hydrogen) atoms. The van der Waals surface area contributed by atoms with Gasteiger partial charge in [0.2, 0.25) is 0 Å². The highest BCUT2D eigenvalue weighted by atomic mass is 16.4. The van der Waals surface area contributed by atoms with E-state index >= 15 is 0 Å². The number of anilines is 1. The Kier molecular flexibility index (Phi) is 5.01. The fraction of sp³-hybridized carbons (Fsp3) is 0.500. The number of hydrogen-bond acceptors (Lipinski definition) is 2. The standard InChI is InChI=1S/C14H21NO2/c1-4-7-12-8-5-6-9-13(12)15-11(3)10(2)14(16)17/h5-6,8-11,15H,4,7H2,1-3H3,(H,16,17). The van der Waals surface area contributed by atoms with Crippen molar-refractivity contribution in [3.05, 3.63) is 29.8 Å². The first kappa shape index (κ1) is 13.6. The van der Waals surface area contributed by atoms with Crippen LogP contribution in [0.5, 0.6) is 0 Å². The van der Waals surface area contributed by atoms with E-state index < -0.39 is 11.9 Å². The number of hydrogen-bond donors (Lipinski definition) is 2. The minimum absolute atomic E-state index is 0.0782. The zero-order valence-corrected chi connectivity index (χ0v) is 10.7. The lowest BCUT2D eigenvalue weighted by Crippen LogP contribution is -2.30. The van der Waals surface area contributed by atoms with Gasteiger partial charge in [0.05, 0.1) is 5.92 Å². The second-order valence-corrected chi connectivity index (χ2v) is 4.47. The SMILES string of the molecule is CCCc1ccccc1NC(C)C(C)C(=O)O. The summed E-state index contributed by atoms with van der Waals surface area (Å²) in [5.41, 5.74) is 2.30. The van der Waals surface area contributed by atoms with Crippen molar-refractivity contribution in [2.75, 3.05) is 5.32 Å². The maximum atomic E-state index is 10.9. The van der Waals surface area contributed by atoms with E-state index in [9.17, 15) is 4.79 Å². The molecule has 1 aromatic rings. The number of nitrogens with one attached hydrogen (secondary N) is 1. The van der Waals surface area contributed by atoms with Gasteiger partial charge in [-0.25, -0.2) is 0 Å². The monoisotopic (exact) mass is 235 g/mol. The van der Waals surface area contributed by atoms with Gasteiger partial charge >= 0.3 is 5.97 Å². The van der Waals surface area contributed by atoms with Gasteiger partial charge in [-0.2, -0.15) is 0 Å². The molecule has 3 heteroatoms. The highest BCUT2D eigenvalue weighted by Gasteiger charge is 2.19. The minimum Gasteiger partial charge on any atom is -0.481 e. The fourth-order valence-corrected chi connectivity index (χ4v) is 1.73. The Morgan fingerprint density at radius 3 is 2.59 bits per heavy atom. The van der Waals surface area contributed by atoms with Gasteiger partial charge in [0.15, 0.2) is 0 Å². The molecule has 0 saturated carbocycles. The van der Waals surface area contributed by atoms with Crippen molar-refractivity contribution in [3.63, 3.8) is 0 Å². The van der Waals surface area contributed by atoms with Gasteiger partial charge in [-0.05, 0) is 31.9 Å². The Morgan fingerprint density at radius 2 is 2.00 bits per heavy atom. The molecule has 2 N–H and O–H groups in total. The molecule has 94 valence electrons. The average Bonchev–Trinajstić information content (AvgIpc) is 2.30. The van der Waals surface area contributed by atoms with Crippen LogP contribution in [0.2, 0.25) is 0 Å². The third kappa shape index (κ3) is 3.77. The van der Waals surface area contributed by atoms with Crippen LogP contribution in [-0.4, -0.2) is 17.1 Å². The Labute approximate surface area is 103 Å². The van der Waals surface area contributed by atoms with Crippen molar-refractivity contribution in [3.8, 4) is 0 Å². The number of aliphatic carboxylic acids is 1. The van der Waals surface area contributed by atoms with E-state index in [1.165, 1.54) is 5.56 Å². The van der Waals surface area contributed by atoms with Gasteiger partial charge in [0.1, 0.15) is 0 Å². The average molecular weight is 235 g/mol. The molecule has 0 aromatic heterocycles. The topological polar surface area (TPSA) is 49.3 Å². The van der Waals surface area contributed by atoms with Crippen molar-refractivity contribution in [2.24, 2.45) is 5.92 Å². The summed E-state index contributed by atoms with van der Waals surface area (Å²) in [6.07, 6.45) is 2.10. The molecule has 0 aliphatic rings. The van der Waals surface area contributed by atoms with E-state index in [2.05, 4.69) is 18.3 Å². The maximum absolute atomic E-state index is 10.9. The third-order valence-corrected chi connectivity index (χ3v) is 3.06. The molecule has 0 radical (unpaired) electrons. The predicted molar refractivity (Wildman–Crippen MR) is 70.3 cm³/mol. The normalized spacial score (nSPS) is 14.1. The first-order chi connectivity index (χ1) is 8.06. The molecule has 3 nitrogen and oxygen atoms in total. The molecule has 0 amide bonds. The minimum atomic E-state index is -0.766. The van der Waals surface area contributed by atoms with Crippen LogP contribution in [-0.2, 0) is 11.2 Å². The molecule has 0 aliphatic carbocycles. The molecule has 2 unspecified atom stereocenters. The number of carbonyl (C=O) groups is 1. The van der Waals surface area contributed by atoms with E-state index in [0.717, 1.165) is 18.5 Å². The summed E-state index contributed by atoms with van der Waals surface area (Å²) in [5.74, 6) is -1.16. The molecule has 1 aromatic carbocycles. The summed E-state index contributed by atoms with van der Waals surface area (Å²) in [4.78, 5) is 10.9. The number of aryl methyl sites for hydroxylation is 1. The molecule has 1 rings (SSSR count). The zero-order valence-electron chi connectivity index (χ0n) is 10.7. The van der Waals surface area contributed by atoms with Crippen LogP contribution in [0, 0.1) is 5.92 Å². The second kappa shape index (κ2) is 6.28. The highest BCUT2D eigenvalue weighted by Crippen LogP contribution is 2.19. The molecular formula is C14H21NO2. The Balaban J connectivity index is 2.76.